The minimum absolute atomic E-state index is 0.180. The van der Waals surface area contributed by atoms with Crippen LogP contribution in [0.2, 0.25) is 0 Å². The number of hydrogen-bond donors (Lipinski definition) is 2. The summed E-state index contributed by atoms with van der Waals surface area (Å²) in [6.45, 7) is 4.75. The number of aromatic nitrogens is 2. The Hall–Kier alpha value is -1.17. The van der Waals surface area contributed by atoms with Crippen molar-refractivity contribution in [3.05, 3.63) is 5.82 Å². The smallest absolute Gasteiger partial charge is 0.321 e. The molecule has 1 saturated carbocycles. The van der Waals surface area contributed by atoms with Crippen LogP contribution in [0.15, 0.2) is 0 Å². The summed E-state index contributed by atoms with van der Waals surface area (Å²) in [5, 5.41) is 6.18. The SMILES string of the molecule is CCC1(CNC(=O)Nc2nc(C)ns2)CCC1. The lowest BCUT2D eigenvalue weighted by atomic mass is 9.67. The Labute approximate surface area is 105 Å². The Morgan fingerprint density at radius 3 is 2.76 bits per heavy atom. The fraction of sp³-hybridized carbons (Fsp3) is 0.727. The molecule has 0 saturated heterocycles. The minimum Gasteiger partial charge on any atom is -0.337 e. The predicted octanol–water partition coefficient (Wildman–Crippen LogP) is 2.55. The first-order valence-corrected chi connectivity index (χ1v) is 6.76. The first kappa shape index (κ1) is 12.3. The molecule has 0 aliphatic heterocycles. The second kappa shape index (κ2) is 5.00. The third kappa shape index (κ3) is 2.94. The van der Waals surface area contributed by atoms with Gasteiger partial charge in [0.1, 0.15) is 5.82 Å². The second-order valence-electron chi connectivity index (χ2n) is 4.66. The number of amides is 2. The van der Waals surface area contributed by atoms with Crippen LogP contribution in [0.5, 0.6) is 0 Å². The van der Waals surface area contributed by atoms with E-state index in [1.165, 1.54) is 30.8 Å². The van der Waals surface area contributed by atoms with Gasteiger partial charge in [0, 0.05) is 18.1 Å². The van der Waals surface area contributed by atoms with Crippen molar-refractivity contribution in [2.75, 3.05) is 11.9 Å². The number of urea groups is 1. The molecule has 0 radical (unpaired) electrons. The Bertz CT molecular complexity index is 394. The predicted molar refractivity (Wildman–Crippen MR) is 68.2 cm³/mol. The molecule has 0 aromatic carbocycles. The third-order valence-electron chi connectivity index (χ3n) is 3.54. The maximum absolute atomic E-state index is 11.6. The van der Waals surface area contributed by atoms with E-state index in [-0.39, 0.29) is 6.03 Å². The molecular formula is C11H18N4OS. The van der Waals surface area contributed by atoms with Gasteiger partial charge in [0.05, 0.1) is 0 Å². The van der Waals surface area contributed by atoms with Gasteiger partial charge in [-0.15, -0.1) is 0 Å². The third-order valence-corrected chi connectivity index (χ3v) is 4.26. The van der Waals surface area contributed by atoms with Gasteiger partial charge < -0.3 is 5.32 Å². The Balaban J connectivity index is 1.78. The van der Waals surface area contributed by atoms with Crippen molar-refractivity contribution in [3.63, 3.8) is 0 Å². The van der Waals surface area contributed by atoms with E-state index < -0.39 is 0 Å². The molecule has 2 N–H and O–H groups in total. The van der Waals surface area contributed by atoms with Crippen LogP contribution in [0, 0.1) is 12.3 Å². The molecule has 1 heterocycles. The van der Waals surface area contributed by atoms with Gasteiger partial charge in [0.15, 0.2) is 0 Å². The summed E-state index contributed by atoms with van der Waals surface area (Å²) in [6, 6.07) is -0.180. The molecule has 2 amide bonds. The van der Waals surface area contributed by atoms with Gasteiger partial charge in [0.25, 0.3) is 0 Å². The summed E-state index contributed by atoms with van der Waals surface area (Å²) in [4.78, 5) is 15.7. The van der Waals surface area contributed by atoms with Gasteiger partial charge >= 0.3 is 6.03 Å². The van der Waals surface area contributed by atoms with Gasteiger partial charge in [-0.05, 0) is 31.6 Å². The van der Waals surface area contributed by atoms with Crippen molar-refractivity contribution >= 4 is 22.7 Å². The molecule has 1 aromatic heterocycles. The highest BCUT2D eigenvalue weighted by Gasteiger charge is 2.35. The van der Waals surface area contributed by atoms with Crippen molar-refractivity contribution in [1.29, 1.82) is 0 Å². The molecule has 0 spiro atoms. The summed E-state index contributed by atoms with van der Waals surface area (Å²) < 4.78 is 4.01. The molecule has 1 fully saturated rings. The van der Waals surface area contributed by atoms with E-state index in [1.54, 1.807) is 6.92 Å². The van der Waals surface area contributed by atoms with E-state index in [0.29, 0.717) is 16.4 Å². The van der Waals surface area contributed by atoms with Crippen LogP contribution in [0.1, 0.15) is 38.4 Å². The number of carbonyl (C=O) groups excluding carboxylic acids is 1. The standard InChI is InChI=1S/C11H18N4OS/c1-3-11(5-4-6-11)7-12-9(16)14-10-13-8(2)15-17-10/h3-7H2,1-2H3,(H2,12,13,14,15,16). The van der Waals surface area contributed by atoms with Gasteiger partial charge in [0.2, 0.25) is 5.13 Å². The molecule has 1 aromatic rings. The fourth-order valence-electron chi connectivity index (χ4n) is 2.09. The van der Waals surface area contributed by atoms with Crippen LogP contribution in [-0.4, -0.2) is 21.9 Å². The average Bonchev–Trinajstić information content (AvgIpc) is 2.63. The van der Waals surface area contributed by atoms with Gasteiger partial charge in [-0.3, -0.25) is 5.32 Å². The number of hydrogen-bond acceptors (Lipinski definition) is 4. The molecule has 1 aliphatic rings. The van der Waals surface area contributed by atoms with Crippen LogP contribution < -0.4 is 10.6 Å². The lowest BCUT2D eigenvalue weighted by molar-refractivity contribution is 0.127. The summed E-state index contributed by atoms with van der Waals surface area (Å²) in [5.41, 5.74) is 0.342. The molecule has 5 nitrogen and oxygen atoms in total. The maximum atomic E-state index is 11.6. The van der Waals surface area contributed by atoms with Gasteiger partial charge in [-0.1, -0.05) is 13.3 Å². The lowest BCUT2D eigenvalue weighted by Gasteiger charge is -2.41. The lowest BCUT2D eigenvalue weighted by Crippen LogP contribution is -2.43. The number of rotatable bonds is 4. The van der Waals surface area contributed by atoms with E-state index in [0.717, 1.165) is 13.0 Å². The first-order valence-electron chi connectivity index (χ1n) is 5.99. The molecule has 0 unspecified atom stereocenters. The number of nitrogens with zero attached hydrogens (tertiary/aromatic N) is 2. The quantitative estimate of drug-likeness (QED) is 0.867. The van der Waals surface area contributed by atoms with Crippen molar-refractivity contribution in [1.82, 2.24) is 14.7 Å². The normalized spacial score (nSPS) is 17.3. The van der Waals surface area contributed by atoms with Crippen molar-refractivity contribution < 1.29 is 4.79 Å². The topological polar surface area (TPSA) is 66.9 Å². The van der Waals surface area contributed by atoms with Crippen LogP contribution in [-0.2, 0) is 0 Å². The Morgan fingerprint density at radius 2 is 2.29 bits per heavy atom. The first-order chi connectivity index (χ1) is 8.13. The molecule has 0 atom stereocenters. The summed E-state index contributed by atoms with van der Waals surface area (Å²) in [7, 11) is 0. The molecule has 6 heteroatoms. The maximum Gasteiger partial charge on any atom is 0.321 e. The van der Waals surface area contributed by atoms with E-state index >= 15 is 0 Å². The van der Waals surface area contributed by atoms with Crippen LogP contribution in [0.3, 0.4) is 0 Å². The van der Waals surface area contributed by atoms with Crippen molar-refractivity contribution in [3.8, 4) is 0 Å². The number of aryl methyl sites for hydroxylation is 1. The number of nitrogens with one attached hydrogen (secondary N) is 2. The highest BCUT2D eigenvalue weighted by atomic mass is 32.1. The molecule has 2 rings (SSSR count). The van der Waals surface area contributed by atoms with E-state index in [9.17, 15) is 4.79 Å². The zero-order chi connectivity index (χ0) is 12.3. The minimum atomic E-state index is -0.180. The zero-order valence-electron chi connectivity index (χ0n) is 10.2. The summed E-state index contributed by atoms with van der Waals surface area (Å²) >= 11 is 1.20. The van der Waals surface area contributed by atoms with Crippen LogP contribution in [0.25, 0.3) is 0 Å². The van der Waals surface area contributed by atoms with Crippen LogP contribution >= 0.6 is 11.5 Å². The summed E-state index contributed by atoms with van der Waals surface area (Å²) in [5.74, 6) is 0.689. The van der Waals surface area contributed by atoms with E-state index in [2.05, 4.69) is 26.9 Å². The highest BCUT2D eigenvalue weighted by Crippen LogP contribution is 2.42. The Kier molecular flexibility index (Phi) is 3.61. The molecular weight excluding hydrogens is 236 g/mol. The molecule has 94 valence electrons. The van der Waals surface area contributed by atoms with Crippen molar-refractivity contribution in [2.24, 2.45) is 5.41 Å². The van der Waals surface area contributed by atoms with Gasteiger partial charge in [-0.2, -0.15) is 4.37 Å². The zero-order valence-corrected chi connectivity index (χ0v) is 11.1. The highest BCUT2D eigenvalue weighted by molar-refractivity contribution is 7.09. The average molecular weight is 254 g/mol. The second-order valence-corrected chi connectivity index (χ2v) is 5.41. The van der Waals surface area contributed by atoms with Gasteiger partial charge in [-0.25, -0.2) is 9.78 Å². The molecule has 0 bridgehead atoms. The van der Waals surface area contributed by atoms with E-state index in [4.69, 9.17) is 0 Å². The van der Waals surface area contributed by atoms with Crippen LogP contribution in [0.4, 0.5) is 9.93 Å². The largest absolute Gasteiger partial charge is 0.337 e. The monoisotopic (exact) mass is 254 g/mol. The fourth-order valence-corrected chi connectivity index (χ4v) is 2.66. The van der Waals surface area contributed by atoms with E-state index in [1.807, 2.05) is 0 Å². The molecule has 1 aliphatic carbocycles. The van der Waals surface area contributed by atoms with Crippen molar-refractivity contribution in [2.45, 2.75) is 39.5 Å². The number of carbonyl (C=O) groups is 1. The number of anilines is 1. The summed E-state index contributed by atoms with van der Waals surface area (Å²) in [6.07, 6.45) is 4.86. The molecule has 17 heavy (non-hydrogen) atoms. The Morgan fingerprint density at radius 1 is 1.53 bits per heavy atom.